The number of nitrogens with zero attached hydrogens (tertiary/aromatic N) is 4. The summed E-state index contributed by atoms with van der Waals surface area (Å²) < 4.78 is 0. The molecule has 2 amide bonds. The Labute approximate surface area is 186 Å². The Bertz CT molecular complexity index is 1160. The molecule has 0 aliphatic carbocycles. The summed E-state index contributed by atoms with van der Waals surface area (Å²) in [5.74, 6) is 0.384. The first kappa shape index (κ1) is 20.3. The standard InChI is InChI=1S/C23H27N7O2/c1-29(2)23(32)13-3-6-19(26-11-13)30-15-4-5-16(30)10-14(9-15)28-20-17-7-8-25-22(17)27-12-18(20)21(24)31/h3,6-8,11-12,14-16H,4-5,9-10H2,1-2H3,(H2,24,31)(H2,25,27,28)/t14?,15-,16+. The van der Waals surface area contributed by atoms with E-state index in [1.54, 1.807) is 25.2 Å². The van der Waals surface area contributed by atoms with Crippen molar-refractivity contribution >= 4 is 34.4 Å². The average Bonchev–Trinajstić information content (AvgIpc) is 3.36. The van der Waals surface area contributed by atoms with Crippen molar-refractivity contribution in [3.05, 3.63) is 47.9 Å². The predicted molar refractivity (Wildman–Crippen MR) is 123 cm³/mol. The van der Waals surface area contributed by atoms with Gasteiger partial charge in [0.25, 0.3) is 11.8 Å². The molecule has 32 heavy (non-hydrogen) atoms. The van der Waals surface area contributed by atoms with Crippen LogP contribution in [-0.2, 0) is 0 Å². The zero-order valence-corrected chi connectivity index (χ0v) is 18.2. The van der Waals surface area contributed by atoms with Gasteiger partial charge in [-0.1, -0.05) is 0 Å². The molecule has 0 saturated carbocycles. The Kier molecular flexibility index (Phi) is 4.96. The van der Waals surface area contributed by atoms with Crippen LogP contribution in [0.5, 0.6) is 0 Å². The number of rotatable bonds is 5. The van der Waals surface area contributed by atoms with Gasteiger partial charge in [0.15, 0.2) is 0 Å². The molecule has 166 valence electrons. The van der Waals surface area contributed by atoms with Crippen molar-refractivity contribution in [2.75, 3.05) is 24.3 Å². The number of nitrogens with one attached hydrogen (secondary N) is 2. The first-order chi connectivity index (χ1) is 15.4. The third-order valence-corrected chi connectivity index (χ3v) is 6.60. The van der Waals surface area contributed by atoms with E-state index in [-0.39, 0.29) is 11.9 Å². The van der Waals surface area contributed by atoms with Crippen molar-refractivity contribution in [1.82, 2.24) is 19.9 Å². The van der Waals surface area contributed by atoms with Gasteiger partial charge in [0.2, 0.25) is 0 Å². The van der Waals surface area contributed by atoms with Gasteiger partial charge >= 0.3 is 0 Å². The Morgan fingerprint density at radius 2 is 1.88 bits per heavy atom. The lowest BCUT2D eigenvalue weighted by Gasteiger charge is -2.40. The maximum atomic E-state index is 12.2. The number of hydrogen-bond acceptors (Lipinski definition) is 6. The number of pyridine rings is 2. The average molecular weight is 434 g/mol. The highest BCUT2D eigenvalue weighted by molar-refractivity contribution is 6.06. The summed E-state index contributed by atoms with van der Waals surface area (Å²) >= 11 is 0. The molecule has 2 aliphatic heterocycles. The van der Waals surface area contributed by atoms with Crippen LogP contribution in [0.3, 0.4) is 0 Å². The largest absolute Gasteiger partial charge is 0.381 e. The fraction of sp³-hybridized carbons (Fsp3) is 0.391. The lowest BCUT2D eigenvalue weighted by Crippen LogP contribution is -2.47. The number of aromatic amines is 1. The molecule has 4 N–H and O–H groups in total. The van der Waals surface area contributed by atoms with Crippen LogP contribution < -0.4 is 16.0 Å². The van der Waals surface area contributed by atoms with Crippen LogP contribution in [0.25, 0.3) is 11.0 Å². The van der Waals surface area contributed by atoms with Gasteiger partial charge in [-0.05, 0) is 43.9 Å². The Morgan fingerprint density at radius 3 is 2.50 bits per heavy atom. The molecule has 3 aromatic heterocycles. The summed E-state index contributed by atoms with van der Waals surface area (Å²) in [6, 6.07) is 6.66. The first-order valence-corrected chi connectivity index (χ1v) is 10.9. The van der Waals surface area contributed by atoms with E-state index in [1.165, 1.54) is 6.20 Å². The molecule has 3 atom stereocenters. The normalized spacial score (nSPS) is 22.2. The fourth-order valence-corrected chi connectivity index (χ4v) is 5.15. The van der Waals surface area contributed by atoms with Crippen LogP contribution in [0.15, 0.2) is 36.8 Å². The Morgan fingerprint density at radius 1 is 1.12 bits per heavy atom. The molecular weight excluding hydrogens is 406 g/mol. The highest BCUT2D eigenvalue weighted by Gasteiger charge is 2.41. The topological polar surface area (TPSA) is 120 Å². The summed E-state index contributed by atoms with van der Waals surface area (Å²) in [6.45, 7) is 0. The van der Waals surface area contributed by atoms with Crippen LogP contribution in [0.2, 0.25) is 0 Å². The van der Waals surface area contributed by atoms with Gasteiger partial charge in [0.05, 0.1) is 16.8 Å². The molecule has 2 bridgehead atoms. The number of aromatic nitrogens is 3. The quantitative estimate of drug-likeness (QED) is 0.568. The van der Waals surface area contributed by atoms with Crippen LogP contribution in [-0.4, -0.2) is 63.9 Å². The van der Waals surface area contributed by atoms with Crippen molar-refractivity contribution in [2.45, 2.75) is 43.8 Å². The van der Waals surface area contributed by atoms with Crippen LogP contribution >= 0.6 is 0 Å². The third kappa shape index (κ3) is 3.43. The van der Waals surface area contributed by atoms with E-state index >= 15 is 0 Å². The molecule has 9 heteroatoms. The van der Waals surface area contributed by atoms with Crippen LogP contribution in [0.1, 0.15) is 46.4 Å². The lowest BCUT2D eigenvalue weighted by atomic mass is 9.96. The summed E-state index contributed by atoms with van der Waals surface area (Å²) in [6.07, 6.45) is 9.08. The van der Waals surface area contributed by atoms with E-state index in [9.17, 15) is 9.59 Å². The number of carbonyl (C=O) groups excluding carboxylic acids is 2. The van der Waals surface area contributed by atoms with Crippen molar-refractivity contribution in [1.29, 1.82) is 0 Å². The number of fused-ring (bicyclic) bond motifs is 3. The molecule has 0 spiro atoms. The molecule has 9 nitrogen and oxygen atoms in total. The van der Waals surface area contributed by atoms with E-state index < -0.39 is 5.91 Å². The van der Waals surface area contributed by atoms with E-state index in [0.29, 0.717) is 23.2 Å². The van der Waals surface area contributed by atoms with E-state index in [2.05, 4.69) is 25.2 Å². The molecular formula is C23H27N7O2. The number of hydrogen-bond donors (Lipinski definition) is 3. The minimum Gasteiger partial charge on any atom is -0.381 e. The van der Waals surface area contributed by atoms with Gasteiger partial charge in [0.1, 0.15) is 11.5 Å². The van der Waals surface area contributed by atoms with Gasteiger partial charge in [-0.3, -0.25) is 9.59 Å². The molecule has 3 aromatic rings. The number of anilines is 2. The van der Waals surface area contributed by atoms with Crippen molar-refractivity contribution < 1.29 is 9.59 Å². The number of nitrogens with two attached hydrogens (primary N) is 1. The molecule has 5 heterocycles. The van der Waals surface area contributed by atoms with Crippen LogP contribution in [0, 0.1) is 0 Å². The molecule has 2 saturated heterocycles. The summed E-state index contributed by atoms with van der Waals surface area (Å²) in [5.41, 5.74) is 8.11. The molecule has 1 unspecified atom stereocenters. The SMILES string of the molecule is CN(C)C(=O)c1ccc(N2[C@@H]3CC[C@H]2CC(Nc2c(C(N)=O)cnc4[nH]ccc24)C3)nc1. The Hall–Kier alpha value is -3.62. The zero-order valence-electron chi connectivity index (χ0n) is 18.2. The third-order valence-electron chi connectivity index (χ3n) is 6.60. The predicted octanol–water partition coefficient (Wildman–Crippen LogP) is 2.37. The maximum Gasteiger partial charge on any atom is 0.254 e. The molecule has 2 aliphatic rings. The minimum atomic E-state index is -0.486. The van der Waals surface area contributed by atoms with Gasteiger partial charge < -0.3 is 25.8 Å². The van der Waals surface area contributed by atoms with Crippen molar-refractivity contribution in [3.63, 3.8) is 0 Å². The lowest BCUT2D eigenvalue weighted by molar-refractivity contribution is 0.0827. The van der Waals surface area contributed by atoms with Gasteiger partial charge in [-0.15, -0.1) is 0 Å². The minimum absolute atomic E-state index is 0.0476. The van der Waals surface area contributed by atoms with E-state index in [1.807, 2.05) is 24.4 Å². The van der Waals surface area contributed by atoms with E-state index in [4.69, 9.17) is 5.73 Å². The second-order valence-corrected chi connectivity index (χ2v) is 8.86. The summed E-state index contributed by atoms with van der Waals surface area (Å²) in [4.78, 5) is 40.1. The number of amides is 2. The number of carbonyl (C=O) groups is 2. The maximum absolute atomic E-state index is 12.2. The number of piperidine rings is 1. The van der Waals surface area contributed by atoms with Crippen molar-refractivity contribution in [3.8, 4) is 0 Å². The Balaban J connectivity index is 1.36. The first-order valence-electron chi connectivity index (χ1n) is 10.9. The number of primary amides is 1. The second-order valence-electron chi connectivity index (χ2n) is 8.86. The van der Waals surface area contributed by atoms with Crippen molar-refractivity contribution in [2.24, 2.45) is 5.73 Å². The molecule has 0 aromatic carbocycles. The highest BCUT2D eigenvalue weighted by atomic mass is 16.2. The van der Waals surface area contributed by atoms with Gasteiger partial charge in [-0.25, -0.2) is 9.97 Å². The van der Waals surface area contributed by atoms with Gasteiger partial charge in [-0.2, -0.15) is 0 Å². The summed E-state index contributed by atoms with van der Waals surface area (Å²) in [5, 5.41) is 4.49. The summed E-state index contributed by atoms with van der Waals surface area (Å²) in [7, 11) is 3.48. The number of H-pyrrole nitrogens is 1. The fourth-order valence-electron chi connectivity index (χ4n) is 5.15. The smallest absolute Gasteiger partial charge is 0.254 e. The second kappa shape index (κ2) is 7.81. The highest BCUT2D eigenvalue weighted by Crippen LogP contribution is 2.40. The monoisotopic (exact) mass is 433 g/mol. The van der Waals surface area contributed by atoms with Crippen LogP contribution in [0.4, 0.5) is 11.5 Å². The van der Waals surface area contributed by atoms with Gasteiger partial charge in [0, 0.05) is 56.2 Å². The zero-order chi connectivity index (χ0) is 22.4. The molecule has 0 radical (unpaired) electrons. The van der Waals surface area contributed by atoms with E-state index in [0.717, 1.165) is 48.2 Å². The molecule has 2 fully saturated rings. The molecule has 5 rings (SSSR count).